The number of hydrogen-bond acceptors (Lipinski definition) is 5. The molecule has 2 aromatic rings. The first-order valence-electron chi connectivity index (χ1n) is 11.0. The third kappa shape index (κ3) is 7.75. The number of hydrogen-bond donors (Lipinski definition) is 1. The summed E-state index contributed by atoms with van der Waals surface area (Å²) in [6, 6.07) is 10.6. The first kappa shape index (κ1) is 28.7. The van der Waals surface area contributed by atoms with E-state index in [4.69, 9.17) is 27.9 Å². The summed E-state index contributed by atoms with van der Waals surface area (Å²) in [6.07, 6.45) is 1.70. The van der Waals surface area contributed by atoms with Crippen molar-refractivity contribution in [3.05, 3.63) is 58.1 Å². The van der Waals surface area contributed by atoms with E-state index in [1.165, 1.54) is 17.0 Å². The molecule has 0 spiro atoms. The van der Waals surface area contributed by atoms with Gasteiger partial charge in [0, 0.05) is 12.6 Å². The number of sulfonamides is 1. The van der Waals surface area contributed by atoms with Crippen molar-refractivity contribution in [3.8, 4) is 5.75 Å². The number of methoxy groups -OCH3 is 1. The fourth-order valence-corrected chi connectivity index (χ4v) is 4.56. The summed E-state index contributed by atoms with van der Waals surface area (Å²) >= 11 is 12.3. The maximum absolute atomic E-state index is 13.5. The van der Waals surface area contributed by atoms with Crippen molar-refractivity contribution < 1.29 is 22.7 Å². The van der Waals surface area contributed by atoms with Crippen molar-refractivity contribution in [2.75, 3.05) is 24.2 Å². The Bertz CT molecular complexity index is 1140. The zero-order valence-electron chi connectivity index (χ0n) is 20.4. The zero-order valence-corrected chi connectivity index (χ0v) is 22.7. The van der Waals surface area contributed by atoms with E-state index >= 15 is 0 Å². The lowest BCUT2D eigenvalue weighted by molar-refractivity contribution is -0.139. The van der Waals surface area contributed by atoms with Crippen molar-refractivity contribution in [1.29, 1.82) is 0 Å². The third-order valence-electron chi connectivity index (χ3n) is 5.56. The largest absolute Gasteiger partial charge is 0.497 e. The predicted octanol–water partition coefficient (Wildman–Crippen LogP) is 4.10. The molecule has 2 aromatic carbocycles. The van der Waals surface area contributed by atoms with Gasteiger partial charge in [0.05, 0.1) is 29.1 Å². The minimum absolute atomic E-state index is 0.0108. The van der Waals surface area contributed by atoms with Gasteiger partial charge in [0.25, 0.3) is 0 Å². The number of nitrogens with one attached hydrogen (secondary N) is 1. The Morgan fingerprint density at radius 3 is 2.26 bits per heavy atom. The van der Waals surface area contributed by atoms with Gasteiger partial charge in [0.2, 0.25) is 21.8 Å². The predicted molar refractivity (Wildman–Crippen MR) is 140 cm³/mol. The summed E-state index contributed by atoms with van der Waals surface area (Å²) in [5.74, 6) is -0.268. The number of benzene rings is 2. The number of amides is 2. The van der Waals surface area contributed by atoms with Crippen LogP contribution in [-0.4, -0.2) is 57.1 Å². The minimum atomic E-state index is -3.91. The number of nitrogens with zero attached hydrogens (tertiary/aromatic N) is 2. The first-order chi connectivity index (χ1) is 16.4. The molecule has 0 aliphatic heterocycles. The van der Waals surface area contributed by atoms with Crippen LogP contribution in [-0.2, 0) is 26.2 Å². The summed E-state index contributed by atoms with van der Waals surface area (Å²) in [4.78, 5) is 27.8. The van der Waals surface area contributed by atoms with Crippen molar-refractivity contribution in [1.82, 2.24) is 10.2 Å². The first-order valence-corrected chi connectivity index (χ1v) is 13.6. The second-order valence-corrected chi connectivity index (χ2v) is 10.9. The molecular formula is C24H31Cl2N3O5S. The SMILES string of the molecule is CC[C@@H](C)NC(=O)[C@H](C)N(Cc1ccc(OC)cc1)C(=O)CN(c1cccc(Cl)c1Cl)S(C)(=O)=O. The van der Waals surface area contributed by atoms with Crippen LogP contribution in [0, 0.1) is 0 Å². The molecule has 192 valence electrons. The molecule has 2 rings (SSSR count). The molecule has 0 bridgehead atoms. The summed E-state index contributed by atoms with van der Waals surface area (Å²) in [5, 5.41) is 3.04. The molecular weight excluding hydrogens is 513 g/mol. The molecule has 0 saturated carbocycles. The van der Waals surface area contributed by atoms with Gasteiger partial charge in [-0.05, 0) is 50.1 Å². The summed E-state index contributed by atoms with van der Waals surface area (Å²) in [6.45, 7) is 4.94. The Kier molecular flexibility index (Phi) is 10.2. The van der Waals surface area contributed by atoms with Crippen molar-refractivity contribution >= 4 is 50.7 Å². The van der Waals surface area contributed by atoms with Gasteiger partial charge in [-0.15, -0.1) is 0 Å². The number of halogens is 2. The van der Waals surface area contributed by atoms with Gasteiger partial charge in [-0.25, -0.2) is 8.42 Å². The Labute approximate surface area is 217 Å². The van der Waals surface area contributed by atoms with Gasteiger partial charge in [0.1, 0.15) is 18.3 Å². The van der Waals surface area contributed by atoms with E-state index in [0.717, 1.165) is 22.5 Å². The Morgan fingerprint density at radius 2 is 1.71 bits per heavy atom. The molecule has 2 atom stereocenters. The molecule has 8 nitrogen and oxygen atoms in total. The van der Waals surface area contributed by atoms with E-state index in [1.54, 1.807) is 44.4 Å². The quantitative estimate of drug-likeness (QED) is 0.460. The summed E-state index contributed by atoms with van der Waals surface area (Å²) in [7, 11) is -2.36. The third-order valence-corrected chi connectivity index (χ3v) is 7.49. The van der Waals surface area contributed by atoms with E-state index in [-0.39, 0.29) is 34.2 Å². The molecule has 0 aliphatic rings. The minimum Gasteiger partial charge on any atom is -0.497 e. The second-order valence-electron chi connectivity index (χ2n) is 8.21. The lowest BCUT2D eigenvalue weighted by atomic mass is 10.1. The average Bonchev–Trinajstić information content (AvgIpc) is 2.81. The highest BCUT2D eigenvalue weighted by molar-refractivity contribution is 7.92. The molecule has 1 N–H and O–H groups in total. The standard InChI is InChI=1S/C24H31Cl2N3O5S/c1-6-16(2)27-24(31)17(3)28(14-18-10-12-19(34-4)13-11-18)22(30)15-29(35(5,32)33)21-9-7-8-20(25)23(21)26/h7-13,16-17H,6,14-15H2,1-5H3,(H,27,31)/t16-,17+/m1/s1. The highest BCUT2D eigenvalue weighted by Crippen LogP contribution is 2.33. The molecule has 0 saturated heterocycles. The molecule has 0 fully saturated rings. The summed E-state index contributed by atoms with van der Waals surface area (Å²) < 4.78 is 31.3. The van der Waals surface area contributed by atoms with Crippen LogP contribution in [0.1, 0.15) is 32.8 Å². The fourth-order valence-electron chi connectivity index (χ4n) is 3.26. The number of rotatable bonds is 11. The van der Waals surface area contributed by atoms with Crippen molar-refractivity contribution in [3.63, 3.8) is 0 Å². The Morgan fingerprint density at radius 1 is 1.09 bits per heavy atom. The topological polar surface area (TPSA) is 96.0 Å². The van der Waals surface area contributed by atoms with Crippen molar-refractivity contribution in [2.45, 2.75) is 45.8 Å². The summed E-state index contributed by atoms with van der Waals surface area (Å²) in [5.41, 5.74) is 0.824. The molecule has 0 unspecified atom stereocenters. The maximum atomic E-state index is 13.5. The van der Waals surface area contributed by atoms with Gasteiger partial charge in [0.15, 0.2) is 0 Å². The Balaban J connectivity index is 2.42. The molecule has 2 amide bonds. The molecule has 0 radical (unpaired) electrons. The van der Waals surface area contributed by atoms with Crippen LogP contribution in [0.4, 0.5) is 5.69 Å². The monoisotopic (exact) mass is 543 g/mol. The van der Waals surface area contributed by atoms with Gasteiger partial charge in [-0.2, -0.15) is 0 Å². The molecule has 11 heteroatoms. The van der Waals surface area contributed by atoms with Crippen LogP contribution < -0.4 is 14.4 Å². The van der Waals surface area contributed by atoms with E-state index in [9.17, 15) is 18.0 Å². The highest BCUT2D eigenvalue weighted by atomic mass is 35.5. The number of ether oxygens (including phenoxy) is 1. The number of anilines is 1. The Hall–Kier alpha value is -2.49. The second kappa shape index (κ2) is 12.5. The van der Waals surface area contributed by atoms with Gasteiger partial charge in [-0.3, -0.25) is 13.9 Å². The molecule has 0 heterocycles. The van der Waals surface area contributed by atoms with Crippen LogP contribution in [0.2, 0.25) is 10.0 Å². The smallest absolute Gasteiger partial charge is 0.244 e. The van der Waals surface area contributed by atoms with Crippen LogP contribution >= 0.6 is 23.2 Å². The van der Waals surface area contributed by atoms with Gasteiger partial charge >= 0.3 is 0 Å². The molecule has 35 heavy (non-hydrogen) atoms. The average molecular weight is 545 g/mol. The number of carbonyl (C=O) groups is 2. The van der Waals surface area contributed by atoms with Gasteiger partial charge < -0.3 is 15.0 Å². The van der Waals surface area contributed by atoms with E-state index < -0.39 is 28.5 Å². The zero-order chi connectivity index (χ0) is 26.3. The van der Waals surface area contributed by atoms with Crippen LogP contribution in [0.5, 0.6) is 5.75 Å². The molecule has 0 aromatic heterocycles. The van der Waals surface area contributed by atoms with E-state index in [1.807, 2.05) is 13.8 Å². The lowest BCUT2D eigenvalue weighted by Crippen LogP contribution is -2.52. The van der Waals surface area contributed by atoms with Crippen LogP contribution in [0.15, 0.2) is 42.5 Å². The van der Waals surface area contributed by atoms with Crippen LogP contribution in [0.25, 0.3) is 0 Å². The molecule has 0 aliphatic carbocycles. The van der Waals surface area contributed by atoms with Crippen molar-refractivity contribution in [2.24, 2.45) is 0 Å². The lowest BCUT2D eigenvalue weighted by Gasteiger charge is -2.32. The maximum Gasteiger partial charge on any atom is 0.244 e. The fraction of sp³-hybridized carbons (Fsp3) is 0.417. The number of carbonyl (C=O) groups excluding carboxylic acids is 2. The normalized spacial score (nSPS) is 13.0. The van der Waals surface area contributed by atoms with E-state index in [2.05, 4.69) is 5.32 Å². The van der Waals surface area contributed by atoms with Gasteiger partial charge in [-0.1, -0.05) is 48.3 Å². The van der Waals surface area contributed by atoms with Crippen LogP contribution in [0.3, 0.4) is 0 Å². The highest BCUT2D eigenvalue weighted by Gasteiger charge is 2.31. The van der Waals surface area contributed by atoms with E-state index in [0.29, 0.717) is 5.75 Å².